The minimum atomic E-state index is 0.628. The van der Waals surface area contributed by atoms with Crippen molar-refractivity contribution in [1.29, 1.82) is 5.26 Å². The van der Waals surface area contributed by atoms with E-state index in [0.717, 1.165) is 24.7 Å². The van der Waals surface area contributed by atoms with Crippen molar-refractivity contribution in [1.82, 2.24) is 0 Å². The Morgan fingerprint density at radius 1 is 1.00 bits per heavy atom. The molecule has 1 aromatic carbocycles. The lowest BCUT2D eigenvalue weighted by molar-refractivity contribution is 0.300. The van der Waals surface area contributed by atoms with Crippen LogP contribution in [0.3, 0.4) is 0 Å². The Labute approximate surface area is 154 Å². The van der Waals surface area contributed by atoms with E-state index in [0.29, 0.717) is 11.5 Å². The molecule has 0 aliphatic heterocycles. The van der Waals surface area contributed by atoms with Crippen molar-refractivity contribution < 1.29 is 4.74 Å². The third-order valence-electron chi connectivity index (χ3n) is 5.66. The number of hydrogen-bond donors (Lipinski definition) is 0. The van der Waals surface area contributed by atoms with Gasteiger partial charge in [-0.2, -0.15) is 5.26 Å². The molecule has 2 heteroatoms. The maximum atomic E-state index is 9.49. The van der Waals surface area contributed by atoms with Crippen molar-refractivity contribution in [2.75, 3.05) is 6.61 Å². The van der Waals surface area contributed by atoms with E-state index >= 15 is 0 Å². The SMILES string of the molecule is CCCCCCOc1ccc([C@H]2CC[C@H](CCCC)CC2)cc1C#N. The molecule has 1 saturated carbocycles. The molecule has 0 N–H and O–H groups in total. The third kappa shape index (κ3) is 6.38. The summed E-state index contributed by atoms with van der Waals surface area (Å²) in [5, 5.41) is 9.49. The van der Waals surface area contributed by atoms with E-state index in [1.165, 1.54) is 69.8 Å². The molecule has 0 atom stereocenters. The lowest BCUT2D eigenvalue weighted by atomic mass is 9.77. The van der Waals surface area contributed by atoms with Crippen LogP contribution in [0.4, 0.5) is 0 Å². The number of hydrogen-bond acceptors (Lipinski definition) is 2. The van der Waals surface area contributed by atoms with Gasteiger partial charge in [-0.25, -0.2) is 0 Å². The predicted molar refractivity (Wildman–Crippen MR) is 105 cm³/mol. The molecule has 0 radical (unpaired) electrons. The van der Waals surface area contributed by atoms with Crippen LogP contribution in [0.5, 0.6) is 5.75 Å². The van der Waals surface area contributed by atoms with Crippen molar-refractivity contribution in [3.8, 4) is 11.8 Å². The first-order chi connectivity index (χ1) is 12.3. The Hall–Kier alpha value is -1.49. The van der Waals surface area contributed by atoms with Gasteiger partial charge in [-0.05, 0) is 61.6 Å². The third-order valence-corrected chi connectivity index (χ3v) is 5.66. The molecule has 1 aliphatic rings. The molecule has 0 heterocycles. The summed E-state index contributed by atoms with van der Waals surface area (Å²) in [4.78, 5) is 0. The van der Waals surface area contributed by atoms with E-state index < -0.39 is 0 Å². The molecule has 0 bridgehead atoms. The van der Waals surface area contributed by atoms with Crippen molar-refractivity contribution in [2.24, 2.45) is 5.92 Å². The largest absolute Gasteiger partial charge is 0.492 e. The first kappa shape index (κ1) is 19.8. The molecule has 138 valence electrons. The normalized spacial score (nSPS) is 20.2. The standard InChI is InChI=1S/C23H35NO/c1-3-5-7-8-16-25-23-15-14-21(17-22(23)18-24)20-12-10-19(11-13-20)9-6-4-2/h14-15,17,19-20H,3-13,16H2,1-2H3/t19-,20-. The second-order valence-corrected chi connectivity index (χ2v) is 7.64. The van der Waals surface area contributed by atoms with Gasteiger partial charge in [0.05, 0.1) is 12.2 Å². The van der Waals surface area contributed by atoms with Crippen LogP contribution in [0.2, 0.25) is 0 Å². The number of rotatable bonds is 10. The Bertz CT molecular complexity index is 538. The molecule has 2 nitrogen and oxygen atoms in total. The minimum absolute atomic E-state index is 0.628. The highest BCUT2D eigenvalue weighted by molar-refractivity contribution is 5.46. The summed E-state index contributed by atoms with van der Waals surface area (Å²) in [5.41, 5.74) is 2.05. The summed E-state index contributed by atoms with van der Waals surface area (Å²) in [6.45, 7) is 5.21. The summed E-state index contributed by atoms with van der Waals surface area (Å²) >= 11 is 0. The van der Waals surface area contributed by atoms with E-state index in [1.807, 2.05) is 6.07 Å². The fourth-order valence-corrected chi connectivity index (χ4v) is 4.00. The lowest BCUT2D eigenvalue weighted by Gasteiger charge is -2.29. The van der Waals surface area contributed by atoms with Crippen LogP contribution >= 0.6 is 0 Å². The highest BCUT2D eigenvalue weighted by Crippen LogP contribution is 2.38. The average Bonchev–Trinajstić information content (AvgIpc) is 2.66. The van der Waals surface area contributed by atoms with Crippen molar-refractivity contribution >= 4 is 0 Å². The zero-order chi connectivity index (χ0) is 17.9. The molecular formula is C23H35NO. The van der Waals surface area contributed by atoms with Gasteiger partial charge in [0.15, 0.2) is 0 Å². The van der Waals surface area contributed by atoms with Gasteiger partial charge >= 0.3 is 0 Å². The van der Waals surface area contributed by atoms with Gasteiger partial charge in [-0.15, -0.1) is 0 Å². The summed E-state index contributed by atoms with van der Waals surface area (Å²) < 4.78 is 5.86. The molecule has 1 aliphatic carbocycles. The lowest BCUT2D eigenvalue weighted by Crippen LogP contribution is -2.13. The molecular weight excluding hydrogens is 306 g/mol. The van der Waals surface area contributed by atoms with E-state index in [9.17, 15) is 5.26 Å². The molecule has 0 unspecified atom stereocenters. The summed E-state index contributed by atoms with van der Waals surface area (Å²) in [5.74, 6) is 2.32. The smallest absolute Gasteiger partial charge is 0.137 e. The van der Waals surface area contributed by atoms with E-state index in [2.05, 4.69) is 32.0 Å². The van der Waals surface area contributed by atoms with E-state index in [1.54, 1.807) is 0 Å². The molecule has 1 fully saturated rings. The topological polar surface area (TPSA) is 33.0 Å². The van der Waals surface area contributed by atoms with Gasteiger partial charge in [-0.3, -0.25) is 0 Å². The Kier molecular flexibility index (Phi) is 8.87. The fraction of sp³-hybridized carbons (Fsp3) is 0.696. The van der Waals surface area contributed by atoms with Crippen LogP contribution < -0.4 is 4.74 Å². The van der Waals surface area contributed by atoms with Gasteiger partial charge in [0.2, 0.25) is 0 Å². The van der Waals surface area contributed by atoms with Crippen molar-refractivity contribution in [3.05, 3.63) is 29.3 Å². The minimum Gasteiger partial charge on any atom is -0.492 e. The summed E-state index contributed by atoms with van der Waals surface area (Å²) in [7, 11) is 0. The maximum Gasteiger partial charge on any atom is 0.137 e. The highest BCUT2D eigenvalue weighted by atomic mass is 16.5. The van der Waals surface area contributed by atoms with Crippen LogP contribution in [0.25, 0.3) is 0 Å². The maximum absolute atomic E-state index is 9.49. The zero-order valence-corrected chi connectivity index (χ0v) is 16.2. The monoisotopic (exact) mass is 341 g/mol. The number of ether oxygens (including phenoxy) is 1. The van der Waals surface area contributed by atoms with Gasteiger partial charge in [0.1, 0.15) is 11.8 Å². The first-order valence-electron chi connectivity index (χ1n) is 10.4. The van der Waals surface area contributed by atoms with Gasteiger partial charge < -0.3 is 4.74 Å². The van der Waals surface area contributed by atoms with Gasteiger partial charge in [-0.1, -0.05) is 58.4 Å². The molecule has 0 aromatic heterocycles. The second-order valence-electron chi connectivity index (χ2n) is 7.64. The fourth-order valence-electron chi connectivity index (χ4n) is 4.00. The molecule has 2 rings (SSSR count). The molecule has 1 aromatic rings. The van der Waals surface area contributed by atoms with Crippen LogP contribution in [-0.4, -0.2) is 6.61 Å². The summed E-state index contributed by atoms with van der Waals surface area (Å²) in [6.07, 6.45) is 14.1. The number of benzene rings is 1. The predicted octanol–water partition coefficient (Wildman–Crippen LogP) is 6.98. The quantitative estimate of drug-likeness (QED) is 0.430. The first-order valence-corrected chi connectivity index (χ1v) is 10.4. The molecule has 25 heavy (non-hydrogen) atoms. The number of unbranched alkanes of at least 4 members (excludes halogenated alkanes) is 4. The van der Waals surface area contributed by atoms with Gasteiger partial charge in [0, 0.05) is 0 Å². The molecule has 0 amide bonds. The summed E-state index contributed by atoms with van der Waals surface area (Å²) in [6, 6.07) is 8.64. The van der Waals surface area contributed by atoms with Crippen LogP contribution in [0, 0.1) is 17.2 Å². The Morgan fingerprint density at radius 3 is 2.44 bits per heavy atom. The van der Waals surface area contributed by atoms with Gasteiger partial charge in [0.25, 0.3) is 0 Å². The van der Waals surface area contributed by atoms with Crippen molar-refractivity contribution in [2.45, 2.75) is 90.4 Å². The molecule has 0 spiro atoms. The average molecular weight is 342 g/mol. The van der Waals surface area contributed by atoms with Crippen LogP contribution in [0.1, 0.15) is 102 Å². The van der Waals surface area contributed by atoms with Crippen LogP contribution in [0.15, 0.2) is 18.2 Å². The van der Waals surface area contributed by atoms with Crippen LogP contribution in [-0.2, 0) is 0 Å². The van der Waals surface area contributed by atoms with E-state index in [-0.39, 0.29) is 0 Å². The highest BCUT2D eigenvalue weighted by Gasteiger charge is 2.22. The number of nitriles is 1. The van der Waals surface area contributed by atoms with E-state index in [4.69, 9.17) is 4.74 Å². The second kappa shape index (κ2) is 11.2. The number of nitrogens with zero attached hydrogens (tertiary/aromatic N) is 1. The molecule has 0 saturated heterocycles. The Morgan fingerprint density at radius 2 is 1.76 bits per heavy atom. The zero-order valence-electron chi connectivity index (χ0n) is 16.2. The Balaban J connectivity index is 1.87. The van der Waals surface area contributed by atoms with Crippen molar-refractivity contribution in [3.63, 3.8) is 0 Å².